The number of nitrogens with one attached hydrogen (secondary N) is 1. The van der Waals surface area contributed by atoms with Gasteiger partial charge in [0.25, 0.3) is 0 Å². The zero-order valence-corrected chi connectivity index (χ0v) is 12.8. The fourth-order valence-electron chi connectivity index (χ4n) is 2.14. The summed E-state index contributed by atoms with van der Waals surface area (Å²) in [5.74, 6) is 1.37. The van der Waals surface area contributed by atoms with Crippen LogP contribution in [-0.4, -0.2) is 12.6 Å². The molecule has 0 saturated carbocycles. The fourth-order valence-corrected chi connectivity index (χ4v) is 2.35. The van der Waals surface area contributed by atoms with Crippen molar-refractivity contribution in [3.63, 3.8) is 0 Å². The number of benzene rings is 1. The Hall–Kier alpha value is -0.530. The van der Waals surface area contributed by atoms with Gasteiger partial charge in [-0.2, -0.15) is 0 Å². The lowest BCUT2D eigenvalue weighted by Gasteiger charge is -2.25. The maximum atomic E-state index is 6.26. The molecule has 102 valence electrons. The molecular weight excluding hydrogens is 242 g/mol. The summed E-state index contributed by atoms with van der Waals surface area (Å²) in [6.45, 7) is 10.1. The molecule has 0 aliphatic rings. The third-order valence-corrected chi connectivity index (χ3v) is 4.05. The molecule has 1 nitrogen and oxygen atoms in total. The van der Waals surface area contributed by atoms with Gasteiger partial charge in [0.2, 0.25) is 0 Å². The van der Waals surface area contributed by atoms with Gasteiger partial charge < -0.3 is 5.32 Å². The van der Waals surface area contributed by atoms with Crippen molar-refractivity contribution in [1.29, 1.82) is 0 Å². The Bertz CT molecular complexity index is 349. The molecular formula is C16H26ClN. The second kappa shape index (κ2) is 7.81. The molecule has 0 aliphatic carbocycles. The van der Waals surface area contributed by atoms with E-state index in [1.54, 1.807) is 0 Å². The monoisotopic (exact) mass is 267 g/mol. The molecule has 0 saturated heterocycles. The Labute approximate surface area is 117 Å². The molecule has 18 heavy (non-hydrogen) atoms. The van der Waals surface area contributed by atoms with E-state index in [-0.39, 0.29) is 0 Å². The quantitative estimate of drug-likeness (QED) is 0.765. The van der Waals surface area contributed by atoms with E-state index < -0.39 is 0 Å². The van der Waals surface area contributed by atoms with E-state index >= 15 is 0 Å². The normalized spacial score (nSPS) is 14.8. The molecule has 0 radical (unpaired) electrons. The summed E-state index contributed by atoms with van der Waals surface area (Å²) >= 11 is 6.26. The molecule has 1 rings (SSSR count). The van der Waals surface area contributed by atoms with Crippen LogP contribution in [0.4, 0.5) is 0 Å². The van der Waals surface area contributed by atoms with Gasteiger partial charge in [0.15, 0.2) is 0 Å². The summed E-state index contributed by atoms with van der Waals surface area (Å²) < 4.78 is 0. The highest BCUT2D eigenvalue weighted by atomic mass is 35.5. The fraction of sp³-hybridized carbons (Fsp3) is 0.625. The average molecular weight is 268 g/mol. The lowest BCUT2D eigenvalue weighted by molar-refractivity contribution is 0.321. The molecule has 0 aliphatic heterocycles. The lowest BCUT2D eigenvalue weighted by atomic mass is 9.86. The average Bonchev–Trinajstić information content (AvgIpc) is 2.35. The Morgan fingerprint density at radius 2 is 1.83 bits per heavy atom. The molecule has 0 bridgehead atoms. The van der Waals surface area contributed by atoms with Crippen molar-refractivity contribution in [3.8, 4) is 0 Å². The summed E-state index contributed by atoms with van der Waals surface area (Å²) in [7, 11) is 0. The van der Waals surface area contributed by atoms with E-state index in [0.29, 0.717) is 17.9 Å². The zero-order chi connectivity index (χ0) is 13.5. The van der Waals surface area contributed by atoms with Gasteiger partial charge in [-0.15, -0.1) is 0 Å². The molecule has 1 aromatic rings. The predicted molar refractivity (Wildman–Crippen MR) is 81.2 cm³/mol. The lowest BCUT2D eigenvalue weighted by Crippen LogP contribution is -2.33. The van der Waals surface area contributed by atoms with Crippen LogP contribution < -0.4 is 5.32 Å². The van der Waals surface area contributed by atoms with Crippen LogP contribution in [0.15, 0.2) is 24.3 Å². The topological polar surface area (TPSA) is 12.0 Å². The van der Waals surface area contributed by atoms with Crippen LogP contribution in [-0.2, 0) is 6.42 Å². The van der Waals surface area contributed by atoms with Crippen molar-refractivity contribution < 1.29 is 0 Å². The van der Waals surface area contributed by atoms with E-state index in [9.17, 15) is 0 Å². The maximum absolute atomic E-state index is 6.26. The Balaban J connectivity index is 2.69. The molecule has 2 unspecified atom stereocenters. The zero-order valence-electron chi connectivity index (χ0n) is 12.0. The van der Waals surface area contributed by atoms with E-state index in [2.05, 4.69) is 45.1 Å². The molecule has 0 aromatic heterocycles. The SMILES string of the molecule is CCC(C)C(CNC(C)C)Cc1ccccc1Cl. The smallest absolute Gasteiger partial charge is 0.0438 e. The largest absolute Gasteiger partial charge is 0.314 e. The minimum absolute atomic E-state index is 0.544. The Morgan fingerprint density at radius 1 is 1.17 bits per heavy atom. The molecule has 0 spiro atoms. The van der Waals surface area contributed by atoms with Crippen molar-refractivity contribution in [2.24, 2.45) is 11.8 Å². The minimum Gasteiger partial charge on any atom is -0.314 e. The third-order valence-electron chi connectivity index (χ3n) is 3.68. The number of halogens is 1. The highest BCUT2D eigenvalue weighted by molar-refractivity contribution is 6.31. The Morgan fingerprint density at radius 3 is 2.39 bits per heavy atom. The first-order valence-corrected chi connectivity index (χ1v) is 7.39. The van der Waals surface area contributed by atoms with Gasteiger partial charge in [0.05, 0.1) is 0 Å². The van der Waals surface area contributed by atoms with Gasteiger partial charge in [0, 0.05) is 11.1 Å². The summed E-state index contributed by atoms with van der Waals surface area (Å²) in [4.78, 5) is 0. The van der Waals surface area contributed by atoms with Crippen molar-refractivity contribution in [2.45, 2.75) is 46.6 Å². The molecule has 0 fully saturated rings. The third kappa shape index (κ3) is 4.99. The summed E-state index contributed by atoms with van der Waals surface area (Å²) in [5, 5.41) is 4.46. The van der Waals surface area contributed by atoms with Crippen molar-refractivity contribution in [1.82, 2.24) is 5.32 Å². The van der Waals surface area contributed by atoms with Gasteiger partial charge >= 0.3 is 0 Å². The molecule has 2 heteroatoms. The van der Waals surface area contributed by atoms with Crippen LogP contribution in [0.1, 0.15) is 39.7 Å². The minimum atomic E-state index is 0.544. The first-order valence-electron chi connectivity index (χ1n) is 7.01. The summed E-state index contributed by atoms with van der Waals surface area (Å²) in [6.07, 6.45) is 2.28. The summed E-state index contributed by atoms with van der Waals surface area (Å²) in [6, 6.07) is 8.75. The highest BCUT2D eigenvalue weighted by Gasteiger charge is 2.17. The van der Waals surface area contributed by atoms with Gasteiger partial charge in [0.1, 0.15) is 0 Å². The molecule has 0 amide bonds. The molecule has 0 heterocycles. The van der Waals surface area contributed by atoms with Crippen molar-refractivity contribution in [2.75, 3.05) is 6.54 Å². The van der Waals surface area contributed by atoms with Crippen LogP contribution in [0.5, 0.6) is 0 Å². The maximum Gasteiger partial charge on any atom is 0.0438 e. The first-order chi connectivity index (χ1) is 8.54. The van der Waals surface area contributed by atoms with E-state index in [4.69, 9.17) is 11.6 Å². The van der Waals surface area contributed by atoms with Crippen LogP contribution in [0.3, 0.4) is 0 Å². The van der Waals surface area contributed by atoms with Crippen LogP contribution >= 0.6 is 11.6 Å². The predicted octanol–water partition coefficient (Wildman–Crippen LogP) is 4.54. The number of hydrogen-bond acceptors (Lipinski definition) is 1. The van der Waals surface area contributed by atoms with Gasteiger partial charge in [-0.25, -0.2) is 0 Å². The summed E-state index contributed by atoms with van der Waals surface area (Å²) in [5.41, 5.74) is 1.27. The molecule has 1 N–H and O–H groups in total. The second-order valence-corrected chi connectivity index (χ2v) is 5.91. The van der Waals surface area contributed by atoms with Crippen LogP contribution in [0, 0.1) is 11.8 Å². The van der Waals surface area contributed by atoms with Crippen molar-refractivity contribution >= 4 is 11.6 Å². The van der Waals surface area contributed by atoms with Crippen LogP contribution in [0.25, 0.3) is 0 Å². The first kappa shape index (κ1) is 15.5. The van der Waals surface area contributed by atoms with E-state index in [0.717, 1.165) is 18.0 Å². The van der Waals surface area contributed by atoms with Gasteiger partial charge in [-0.05, 0) is 36.4 Å². The number of hydrogen-bond donors (Lipinski definition) is 1. The standard InChI is InChI=1S/C16H26ClN/c1-5-13(4)15(11-18-12(2)3)10-14-8-6-7-9-16(14)17/h6-9,12-13,15,18H,5,10-11H2,1-4H3. The van der Waals surface area contributed by atoms with Crippen molar-refractivity contribution in [3.05, 3.63) is 34.9 Å². The Kier molecular flexibility index (Phi) is 6.73. The highest BCUT2D eigenvalue weighted by Crippen LogP contribution is 2.24. The second-order valence-electron chi connectivity index (χ2n) is 5.50. The molecule has 1 aromatic carbocycles. The van der Waals surface area contributed by atoms with Gasteiger partial charge in [-0.1, -0.05) is 63.9 Å². The molecule has 2 atom stereocenters. The number of rotatable bonds is 7. The van der Waals surface area contributed by atoms with E-state index in [1.165, 1.54) is 12.0 Å². The van der Waals surface area contributed by atoms with Crippen LogP contribution in [0.2, 0.25) is 5.02 Å². The van der Waals surface area contributed by atoms with Gasteiger partial charge in [-0.3, -0.25) is 0 Å². The van der Waals surface area contributed by atoms with E-state index in [1.807, 2.05) is 12.1 Å².